The Kier molecular flexibility index (Phi) is 7.63. The zero-order chi connectivity index (χ0) is 31.0. The quantitative estimate of drug-likeness (QED) is 0.210. The van der Waals surface area contributed by atoms with Gasteiger partial charge in [0.05, 0.1) is 25.9 Å². The summed E-state index contributed by atoms with van der Waals surface area (Å²) in [5.41, 5.74) is 12.5. The Morgan fingerprint density at radius 2 is 1.14 bits per heavy atom. The van der Waals surface area contributed by atoms with Crippen molar-refractivity contribution in [3.63, 3.8) is 0 Å². The summed E-state index contributed by atoms with van der Waals surface area (Å²) in [6.45, 7) is -9.91. The number of anilines is 2. The molecule has 3 saturated heterocycles. The highest BCUT2D eigenvalue weighted by Gasteiger charge is 2.53. The fraction of sp³-hybridized carbons (Fsp3) is 0.500. The number of imidazole rings is 2. The van der Waals surface area contributed by atoms with Gasteiger partial charge in [0.2, 0.25) is 0 Å². The number of rotatable bonds is 2. The standard InChI is InChI=1S/C20H22F2N10O8P2S2/c21-9-7-1-35-41(33,43)39-14-10(22)8(38-20(14)32-6-30-12-16(24)26-4-28-18(12)32)2-36-42(34,44)40-13(9)19(37-7)31-5-29-11-15(23)25-3-27-17(11)31/h3-10,13-14,19-20H,1-2H2,(H,33,43)(H,34,44)(H2,23,25,27)(H2,24,26,28)/t7-,8-,9-,10-,13-,14-,19-,20-,41?,42?/m1/s1. The zero-order valence-corrected chi connectivity index (χ0v) is 25.3. The number of fused-ring (bicyclic) bond motifs is 6. The molecule has 4 aromatic rings. The van der Waals surface area contributed by atoms with Crippen LogP contribution in [0.3, 0.4) is 0 Å². The molecule has 0 aromatic carbocycles. The van der Waals surface area contributed by atoms with Gasteiger partial charge in [0.1, 0.15) is 48.1 Å². The molecule has 6 N–H and O–H groups in total. The minimum absolute atomic E-state index is 0.0572. The van der Waals surface area contributed by atoms with Crippen molar-refractivity contribution in [1.29, 1.82) is 0 Å². The lowest BCUT2D eigenvalue weighted by Crippen LogP contribution is -2.35. The second-order valence-electron chi connectivity index (χ2n) is 9.85. The molecular weight excluding hydrogens is 672 g/mol. The van der Waals surface area contributed by atoms with Crippen LogP contribution in [0.2, 0.25) is 0 Å². The second kappa shape index (κ2) is 11.1. The average Bonchev–Trinajstić information content (AvgIpc) is 3.73. The van der Waals surface area contributed by atoms with Crippen molar-refractivity contribution >= 4 is 71.0 Å². The fourth-order valence-corrected chi connectivity index (χ4v) is 7.96. The van der Waals surface area contributed by atoms with E-state index in [-0.39, 0.29) is 34.0 Å². The first-order chi connectivity index (χ1) is 20.9. The Balaban J connectivity index is 1.22. The van der Waals surface area contributed by atoms with Gasteiger partial charge in [-0.15, -0.1) is 0 Å². The van der Waals surface area contributed by atoms with E-state index in [9.17, 15) is 9.79 Å². The van der Waals surface area contributed by atoms with Crippen LogP contribution in [0.4, 0.5) is 20.4 Å². The van der Waals surface area contributed by atoms with Gasteiger partial charge in [0.15, 0.2) is 47.7 Å². The highest BCUT2D eigenvalue weighted by molar-refractivity contribution is 8.07. The van der Waals surface area contributed by atoms with E-state index in [1.54, 1.807) is 0 Å². The van der Waals surface area contributed by atoms with E-state index in [0.717, 1.165) is 0 Å². The third kappa shape index (κ3) is 5.27. The SMILES string of the molecule is Nc1ncnc2c1ncn2[C@@H]1O[C@@H]2COP(O)(=S)O[C@@H]3[C@H](F)[C@@H](COP(O)(=S)O[C@@H]1[C@@H]2F)O[C@H]3n1cnc2c(N)ncnc21. The molecule has 236 valence electrons. The van der Waals surface area contributed by atoms with E-state index in [2.05, 4.69) is 29.9 Å². The lowest BCUT2D eigenvalue weighted by molar-refractivity contribution is -0.0608. The number of alkyl halides is 2. The number of nitrogens with zero attached hydrogens (tertiary/aromatic N) is 8. The Labute approximate surface area is 255 Å². The lowest BCUT2D eigenvalue weighted by Gasteiger charge is -2.27. The molecule has 3 aliphatic rings. The number of hydrogen-bond acceptors (Lipinski definition) is 16. The van der Waals surface area contributed by atoms with Crippen LogP contribution in [0, 0.1) is 0 Å². The van der Waals surface area contributed by atoms with E-state index >= 15 is 8.78 Å². The predicted molar refractivity (Wildman–Crippen MR) is 152 cm³/mol. The summed E-state index contributed by atoms with van der Waals surface area (Å²) in [5, 5.41) is 0. The molecule has 10 atom stereocenters. The molecule has 44 heavy (non-hydrogen) atoms. The molecular formula is C20H22F2N10O8P2S2. The van der Waals surface area contributed by atoms with Gasteiger partial charge < -0.3 is 39.8 Å². The van der Waals surface area contributed by atoms with Gasteiger partial charge in [0, 0.05) is 0 Å². The van der Waals surface area contributed by atoms with E-state index in [1.807, 2.05) is 0 Å². The number of hydrogen-bond donors (Lipinski definition) is 4. The van der Waals surface area contributed by atoms with Crippen molar-refractivity contribution in [2.45, 2.75) is 49.2 Å². The van der Waals surface area contributed by atoms with Crippen LogP contribution in [0.25, 0.3) is 22.3 Å². The summed E-state index contributed by atoms with van der Waals surface area (Å²) >= 11 is 10.3. The highest BCUT2D eigenvalue weighted by atomic mass is 32.5. The van der Waals surface area contributed by atoms with Crippen LogP contribution in [0.1, 0.15) is 12.5 Å². The predicted octanol–water partition coefficient (Wildman–Crippen LogP) is 0.552. The molecule has 24 heteroatoms. The van der Waals surface area contributed by atoms with Crippen LogP contribution in [-0.2, 0) is 51.2 Å². The maximum absolute atomic E-state index is 15.9. The maximum atomic E-state index is 15.9. The highest BCUT2D eigenvalue weighted by Crippen LogP contribution is 2.54. The van der Waals surface area contributed by atoms with Crippen molar-refractivity contribution < 1.29 is 46.1 Å². The van der Waals surface area contributed by atoms with Gasteiger partial charge in [0.25, 0.3) is 0 Å². The molecule has 0 amide bonds. The third-order valence-electron chi connectivity index (χ3n) is 7.16. The van der Waals surface area contributed by atoms with Crippen LogP contribution >= 0.6 is 13.4 Å². The smallest absolute Gasteiger partial charge is 0.325 e. The van der Waals surface area contributed by atoms with Crippen LogP contribution in [0.5, 0.6) is 0 Å². The van der Waals surface area contributed by atoms with E-state index in [0.29, 0.717) is 0 Å². The summed E-state index contributed by atoms with van der Waals surface area (Å²) in [4.78, 5) is 46.2. The molecule has 0 saturated carbocycles. The molecule has 7 heterocycles. The van der Waals surface area contributed by atoms with Crippen molar-refractivity contribution in [2.24, 2.45) is 0 Å². The topological polar surface area (TPSA) is 235 Å². The zero-order valence-electron chi connectivity index (χ0n) is 21.9. The van der Waals surface area contributed by atoms with Crippen LogP contribution < -0.4 is 11.5 Å². The number of nitrogens with two attached hydrogens (primary N) is 2. The third-order valence-corrected chi connectivity index (χ3v) is 10.3. The van der Waals surface area contributed by atoms with Gasteiger partial charge >= 0.3 is 13.4 Å². The number of aromatic nitrogens is 8. The molecule has 0 radical (unpaired) electrons. The second-order valence-corrected chi connectivity index (χ2v) is 15.4. The number of nitrogen functional groups attached to an aromatic ring is 2. The first-order valence-corrected chi connectivity index (χ1v) is 17.9. The lowest BCUT2D eigenvalue weighted by atomic mass is 10.1. The Morgan fingerprint density at radius 1 is 0.727 bits per heavy atom. The summed E-state index contributed by atoms with van der Waals surface area (Å²) < 4.78 is 68.3. The molecule has 18 nitrogen and oxygen atoms in total. The summed E-state index contributed by atoms with van der Waals surface area (Å²) in [5.74, 6) is 0.114. The van der Waals surface area contributed by atoms with Gasteiger partial charge in [-0.05, 0) is 23.6 Å². The Bertz CT molecular complexity index is 1710. The minimum atomic E-state index is -4.29. The van der Waals surface area contributed by atoms with Crippen molar-refractivity contribution in [3.8, 4) is 0 Å². The van der Waals surface area contributed by atoms with Gasteiger partial charge in [-0.25, -0.2) is 38.7 Å². The van der Waals surface area contributed by atoms with Crippen molar-refractivity contribution in [1.82, 2.24) is 39.0 Å². The normalized spacial score (nSPS) is 38.3. The molecule has 4 bridgehead atoms. The van der Waals surface area contributed by atoms with Gasteiger partial charge in [-0.2, -0.15) is 0 Å². The van der Waals surface area contributed by atoms with E-state index in [4.69, 9.17) is 62.6 Å². The monoisotopic (exact) mass is 694 g/mol. The average molecular weight is 695 g/mol. The summed E-state index contributed by atoms with van der Waals surface area (Å²) in [6, 6.07) is 0. The first kappa shape index (κ1) is 30.2. The van der Waals surface area contributed by atoms with Gasteiger partial charge in [-0.1, -0.05) is 0 Å². The number of halogens is 2. The molecule has 3 fully saturated rings. The van der Waals surface area contributed by atoms with E-state index < -0.39 is 75.9 Å². The largest absolute Gasteiger partial charge is 0.382 e. The Morgan fingerprint density at radius 3 is 1.55 bits per heavy atom. The van der Waals surface area contributed by atoms with Crippen LogP contribution in [-0.4, -0.2) is 98.8 Å². The van der Waals surface area contributed by atoms with E-state index in [1.165, 1.54) is 34.4 Å². The van der Waals surface area contributed by atoms with Crippen molar-refractivity contribution in [2.75, 3.05) is 24.7 Å². The maximum Gasteiger partial charge on any atom is 0.325 e. The van der Waals surface area contributed by atoms with Crippen LogP contribution in [0.15, 0.2) is 25.3 Å². The summed E-state index contributed by atoms with van der Waals surface area (Å²) in [7, 11) is 0. The molecule has 7 rings (SSSR count). The minimum Gasteiger partial charge on any atom is -0.382 e. The molecule has 0 aliphatic carbocycles. The van der Waals surface area contributed by atoms with Crippen molar-refractivity contribution in [3.05, 3.63) is 25.3 Å². The van der Waals surface area contributed by atoms with Gasteiger partial charge in [-0.3, -0.25) is 18.2 Å². The molecule has 4 aromatic heterocycles. The molecule has 3 aliphatic heterocycles. The number of ether oxygens (including phenoxy) is 2. The summed E-state index contributed by atoms with van der Waals surface area (Å²) in [6.07, 6.45) is -7.90. The molecule has 0 spiro atoms. The fourth-order valence-electron chi connectivity index (χ4n) is 5.15. The Hall–Kier alpha value is -2.46. The molecule has 2 unspecified atom stereocenters. The first-order valence-electron chi connectivity index (χ1n) is 12.7.